The highest BCUT2D eigenvalue weighted by molar-refractivity contribution is 8.03. The van der Waals surface area contributed by atoms with Crippen LogP contribution in [0.5, 0.6) is 5.75 Å². The quantitative estimate of drug-likeness (QED) is 0.525. The molecule has 2 N–H and O–H groups in total. The Kier molecular flexibility index (Phi) is 6.11. The lowest BCUT2D eigenvalue weighted by molar-refractivity contribution is 0.258. The van der Waals surface area contributed by atoms with Gasteiger partial charge < -0.3 is 15.0 Å². The Morgan fingerprint density at radius 2 is 2.13 bits per heavy atom. The van der Waals surface area contributed by atoms with Crippen molar-refractivity contribution < 1.29 is 4.74 Å². The van der Waals surface area contributed by atoms with Crippen LogP contribution in [0.3, 0.4) is 0 Å². The van der Waals surface area contributed by atoms with Crippen molar-refractivity contribution in [1.29, 1.82) is 0 Å². The van der Waals surface area contributed by atoms with Crippen molar-refractivity contribution in [2.75, 3.05) is 26.7 Å². The second-order valence-corrected chi connectivity index (χ2v) is 7.57. The van der Waals surface area contributed by atoms with Crippen molar-refractivity contribution in [3.8, 4) is 5.75 Å². The van der Waals surface area contributed by atoms with Crippen LogP contribution in [0.15, 0.2) is 35.4 Å². The second-order valence-electron chi connectivity index (χ2n) is 6.07. The van der Waals surface area contributed by atoms with Gasteiger partial charge in [-0.15, -0.1) is 0 Å². The number of hydrogen-bond acceptors (Lipinski definition) is 5. The van der Waals surface area contributed by atoms with E-state index in [1.54, 1.807) is 11.8 Å². The fourth-order valence-corrected chi connectivity index (χ4v) is 3.90. The van der Waals surface area contributed by atoms with E-state index >= 15 is 0 Å². The summed E-state index contributed by atoms with van der Waals surface area (Å²) in [5.41, 5.74) is 1.25. The molecule has 0 radical (unpaired) electrons. The molecule has 1 unspecified atom stereocenters. The number of nitrogens with one attached hydrogen (secondary N) is 2. The van der Waals surface area contributed by atoms with Gasteiger partial charge in [-0.2, -0.15) is 0 Å². The number of halogens is 1. The molecule has 1 aromatic carbocycles. The van der Waals surface area contributed by atoms with E-state index in [2.05, 4.69) is 46.4 Å². The highest BCUT2D eigenvalue weighted by Crippen LogP contribution is 2.37. The molecule has 1 aliphatic carbocycles. The maximum atomic E-state index is 5.84. The van der Waals surface area contributed by atoms with E-state index in [9.17, 15) is 0 Å². The topological polar surface area (TPSA) is 36.5 Å². The summed E-state index contributed by atoms with van der Waals surface area (Å²) >= 11 is 7.33. The maximum absolute atomic E-state index is 5.84. The smallest absolute Gasteiger partial charge is 0.119 e. The van der Waals surface area contributed by atoms with Crippen LogP contribution in [0.4, 0.5) is 0 Å². The van der Waals surface area contributed by atoms with Crippen LogP contribution >= 0.6 is 23.5 Å². The fraction of sp³-hybridized carbons (Fsp3) is 0.529. The minimum Gasteiger partial charge on any atom is -0.494 e. The number of hydrogen-bond donors (Lipinski definition) is 2. The van der Waals surface area contributed by atoms with Gasteiger partial charge in [0.05, 0.1) is 6.61 Å². The van der Waals surface area contributed by atoms with Crippen LogP contribution in [0.2, 0.25) is 0 Å². The highest BCUT2D eigenvalue weighted by Gasteiger charge is 2.25. The summed E-state index contributed by atoms with van der Waals surface area (Å²) in [5.74, 6) is 0.946. The standard InChI is InChI=1S/C17H24ClN3OS/c1-21(14-5-6-14)9-2-10-22-15-7-3-13(4-8-15)17-19-11-16(23-17)12-20-18/h3-4,7-8,11,14,17,19-20H,2,5-6,9-10,12H2,1H3. The lowest BCUT2D eigenvalue weighted by Crippen LogP contribution is -2.23. The van der Waals surface area contributed by atoms with E-state index in [4.69, 9.17) is 16.5 Å². The maximum Gasteiger partial charge on any atom is 0.119 e. The summed E-state index contributed by atoms with van der Waals surface area (Å²) in [5, 5.41) is 3.62. The van der Waals surface area contributed by atoms with Gasteiger partial charge in [-0.05, 0) is 55.8 Å². The van der Waals surface area contributed by atoms with Gasteiger partial charge in [-0.25, -0.2) is 4.84 Å². The van der Waals surface area contributed by atoms with Gasteiger partial charge in [0.15, 0.2) is 0 Å². The molecule has 1 heterocycles. The van der Waals surface area contributed by atoms with Crippen molar-refractivity contribution in [3.05, 3.63) is 40.9 Å². The van der Waals surface area contributed by atoms with E-state index in [1.165, 1.54) is 23.3 Å². The van der Waals surface area contributed by atoms with E-state index in [-0.39, 0.29) is 5.37 Å². The number of nitrogens with zero attached hydrogens (tertiary/aromatic N) is 1. The van der Waals surface area contributed by atoms with Crippen molar-refractivity contribution in [2.45, 2.75) is 30.7 Å². The highest BCUT2D eigenvalue weighted by atomic mass is 35.5. The van der Waals surface area contributed by atoms with E-state index in [0.717, 1.165) is 31.4 Å². The van der Waals surface area contributed by atoms with Crippen molar-refractivity contribution >= 4 is 23.5 Å². The molecule has 1 aliphatic heterocycles. The van der Waals surface area contributed by atoms with E-state index in [0.29, 0.717) is 6.54 Å². The van der Waals surface area contributed by atoms with Crippen LogP contribution in [0.1, 0.15) is 30.2 Å². The van der Waals surface area contributed by atoms with E-state index in [1.807, 2.05) is 6.20 Å². The molecule has 1 saturated carbocycles. The molecular formula is C17H24ClN3OS. The Morgan fingerprint density at radius 3 is 2.83 bits per heavy atom. The molecule has 1 atom stereocenters. The molecule has 0 bridgehead atoms. The molecule has 0 spiro atoms. The van der Waals surface area contributed by atoms with Crippen molar-refractivity contribution in [3.63, 3.8) is 0 Å². The van der Waals surface area contributed by atoms with Crippen molar-refractivity contribution in [2.24, 2.45) is 0 Å². The molecule has 0 amide bonds. The van der Waals surface area contributed by atoms with Gasteiger partial charge in [0.1, 0.15) is 11.1 Å². The number of ether oxygens (including phenoxy) is 1. The summed E-state index contributed by atoms with van der Waals surface area (Å²) in [6.45, 7) is 2.58. The lowest BCUT2D eigenvalue weighted by Gasteiger charge is -2.16. The lowest BCUT2D eigenvalue weighted by atomic mass is 10.2. The van der Waals surface area contributed by atoms with Gasteiger partial charge in [0, 0.05) is 30.2 Å². The van der Waals surface area contributed by atoms with Gasteiger partial charge in [0.2, 0.25) is 0 Å². The average Bonchev–Trinajstić information content (AvgIpc) is 3.32. The van der Waals surface area contributed by atoms with Crippen molar-refractivity contribution in [1.82, 2.24) is 15.1 Å². The summed E-state index contributed by atoms with van der Waals surface area (Å²) in [6, 6.07) is 9.20. The minimum atomic E-state index is 0.260. The first-order valence-electron chi connectivity index (χ1n) is 8.14. The molecule has 23 heavy (non-hydrogen) atoms. The zero-order valence-electron chi connectivity index (χ0n) is 13.4. The first-order chi connectivity index (χ1) is 11.3. The molecule has 126 valence electrons. The first kappa shape index (κ1) is 17.0. The van der Waals surface area contributed by atoms with Crippen LogP contribution in [0, 0.1) is 0 Å². The third-order valence-electron chi connectivity index (χ3n) is 4.18. The molecular weight excluding hydrogens is 330 g/mol. The third kappa shape index (κ3) is 5.05. The Hall–Kier alpha value is -0.880. The number of rotatable bonds is 9. The minimum absolute atomic E-state index is 0.260. The SMILES string of the molecule is CN(CCCOc1ccc(C2NC=C(CNCl)S2)cc1)C1CC1. The zero-order chi connectivity index (χ0) is 16.1. The van der Waals surface area contributed by atoms with Crippen LogP contribution in [0.25, 0.3) is 0 Å². The second kappa shape index (κ2) is 8.29. The van der Waals surface area contributed by atoms with Gasteiger partial charge >= 0.3 is 0 Å². The Balaban J connectivity index is 1.39. The zero-order valence-corrected chi connectivity index (χ0v) is 15.0. The Labute approximate surface area is 147 Å². The van der Waals surface area contributed by atoms with Crippen LogP contribution in [-0.2, 0) is 0 Å². The van der Waals surface area contributed by atoms with E-state index < -0.39 is 0 Å². The fourth-order valence-electron chi connectivity index (χ4n) is 2.65. The molecule has 1 fully saturated rings. The summed E-state index contributed by atoms with van der Waals surface area (Å²) in [7, 11) is 2.21. The molecule has 2 aliphatic rings. The molecule has 4 nitrogen and oxygen atoms in total. The van der Waals surface area contributed by atoms with Gasteiger partial charge in [-0.1, -0.05) is 23.9 Å². The summed E-state index contributed by atoms with van der Waals surface area (Å²) in [6.07, 6.45) is 5.83. The molecule has 3 rings (SSSR count). The molecule has 0 aromatic heterocycles. The molecule has 1 aromatic rings. The van der Waals surface area contributed by atoms with Crippen LogP contribution in [-0.4, -0.2) is 37.7 Å². The number of benzene rings is 1. The predicted octanol–water partition coefficient (Wildman–Crippen LogP) is 3.47. The van der Waals surface area contributed by atoms with Gasteiger partial charge in [-0.3, -0.25) is 0 Å². The average molecular weight is 354 g/mol. The monoisotopic (exact) mass is 353 g/mol. The Morgan fingerprint density at radius 1 is 1.35 bits per heavy atom. The summed E-state index contributed by atoms with van der Waals surface area (Å²) in [4.78, 5) is 6.31. The van der Waals surface area contributed by atoms with Crippen LogP contribution < -0.4 is 14.9 Å². The largest absolute Gasteiger partial charge is 0.494 e. The summed E-state index contributed by atoms with van der Waals surface area (Å²) < 4.78 is 5.84. The third-order valence-corrected chi connectivity index (χ3v) is 5.53. The first-order valence-corrected chi connectivity index (χ1v) is 9.40. The Bertz CT molecular complexity index is 533. The predicted molar refractivity (Wildman–Crippen MR) is 97.6 cm³/mol. The molecule has 0 saturated heterocycles. The number of thioether (sulfide) groups is 1. The van der Waals surface area contributed by atoms with Gasteiger partial charge in [0.25, 0.3) is 0 Å². The molecule has 6 heteroatoms. The normalized spacial score (nSPS) is 20.5.